The molecule has 5 rings (SSSR count). The monoisotopic (exact) mass is 440 g/mol. The normalized spacial score (nSPS) is 17.4. The first kappa shape index (κ1) is 21.5. The van der Waals surface area contributed by atoms with E-state index < -0.39 is 0 Å². The molecule has 2 fully saturated rings. The van der Waals surface area contributed by atoms with Gasteiger partial charge in [0.25, 0.3) is 0 Å². The first-order chi connectivity index (χ1) is 16.3. The van der Waals surface area contributed by atoms with E-state index in [-0.39, 0.29) is 12.1 Å². The van der Waals surface area contributed by atoms with Crippen LogP contribution in [0.4, 0.5) is 10.5 Å². The molecule has 2 aliphatic heterocycles. The SMILES string of the molecule is O=C(N1CCN(c2ccccc2)CC1)N1CCN(C(c2ccccc2)c2ccccc2)CC1. The summed E-state index contributed by atoms with van der Waals surface area (Å²) in [6.07, 6.45) is 0. The van der Waals surface area contributed by atoms with Gasteiger partial charge in [-0.15, -0.1) is 0 Å². The van der Waals surface area contributed by atoms with Gasteiger partial charge in [0.1, 0.15) is 0 Å². The third kappa shape index (κ3) is 4.88. The molecule has 0 atom stereocenters. The molecule has 5 heteroatoms. The molecule has 0 radical (unpaired) electrons. The van der Waals surface area contributed by atoms with Gasteiger partial charge >= 0.3 is 6.03 Å². The van der Waals surface area contributed by atoms with Crippen molar-refractivity contribution < 1.29 is 4.79 Å². The third-order valence-corrected chi connectivity index (χ3v) is 6.85. The highest BCUT2D eigenvalue weighted by molar-refractivity contribution is 5.75. The van der Waals surface area contributed by atoms with Crippen LogP contribution in [-0.2, 0) is 0 Å². The number of hydrogen-bond donors (Lipinski definition) is 0. The van der Waals surface area contributed by atoms with Gasteiger partial charge < -0.3 is 14.7 Å². The second kappa shape index (κ2) is 10.1. The van der Waals surface area contributed by atoms with Crippen molar-refractivity contribution in [2.45, 2.75) is 6.04 Å². The van der Waals surface area contributed by atoms with Gasteiger partial charge in [-0.25, -0.2) is 4.79 Å². The van der Waals surface area contributed by atoms with Gasteiger partial charge in [0.05, 0.1) is 6.04 Å². The van der Waals surface area contributed by atoms with Crippen LogP contribution in [0.5, 0.6) is 0 Å². The predicted molar refractivity (Wildman–Crippen MR) is 133 cm³/mol. The number of carbonyl (C=O) groups is 1. The Hall–Kier alpha value is -3.31. The average Bonchev–Trinajstić information content (AvgIpc) is 2.91. The highest BCUT2D eigenvalue weighted by Crippen LogP contribution is 2.29. The minimum atomic E-state index is 0.193. The van der Waals surface area contributed by atoms with Gasteiger partial charge in [-0.1, -0.05) is 78.9 Å². The second-order valence-corrected chi connectivity index (χ2v) is 8.84. The Morgan fingerprint density at radius 1 is 0.545 bits per heavy atom. The van der Waals surface area contributed by atoms with Crippen molar-refractivity contribution in [3.63, 3.8) is 0 Å². The van der Waals surface area contributed by atoms with E-state index >= 15 is 0 Å². The fourth-order valence-electron chi connectivity index (χ4n) is 5.05. The standard InChI is InChI=1S/C28H32N4O/c33-28(31-20-16-29(17-21-31)26-14-8-3-9-15-26)32-22-18-30(19-23-32)27(24-10-4-1-5-11-24)25-12-6-2-7-13-25/h1-15,27H,16-23H2. The molecule has 33 heavy (non-hydrogen) atoms. The summed E-state index contributed by atoms with van der Waals surface area (Å²) in [5.41, 5.74) is 3.85. The Morgan fingerprint density at radius 3 is 1.45 bits per heavy atom. The molecule has 0 unspecified atom stereocenters. The van der Waals surface area contributed by atoms with Crippen molar-refractivity contribution in [1.82, 2.24) is 14.7 Å². The van der Waals surface area contributed by atoms with Crippen LogP contribution in [0.3, 0.4) is 0 Å². The molecule has 0 aromatic heterocycles. The maximum absolute atomic E-state index is 13.2. The van der Waals surface area contributed by atoms with Gasteiger partial charge in [-0.2, -0.15) is 0 Å². The fraction of sp³-hybridized carbons (Fsp3) is 0.321. The van der Waals surface area contributed by atoms with E-state index in [4.69, 9.17) is 0 Å². The number of amides is 2. The van der Waals surface area contributed by atoms with Crippen LogP contribution in [0.1, 0.15) is 17.2 Å². The predicted octanol–water partition coefficient (Wildman–Crippen LogP) is 4.34. The first-order valence-corrected chi connectivity index (χ1v) is 12.0. The molecule has 170 valence electrons. The van der Waals surface area contributed by atoms with E-state index in [0.29, 0.717) is 0 Å². The molecule has 0 saturated carbocycles. The van der Waals surface area contributed by atoms with Crippen molar-refractivity contribution in [2.24, 2.45) is 0 Å². The number of nitrogens with zero attached hydrogens (tertiary/aromatic N) is 4. The zero-order chi connectivity index (χ0) is 22.5. The molecule has 3 aromatic carbocycles. The average molecular weight is 441 g/mol. The molecule has 2 saturated heterocycles. The molecular formula is C28H32N4O. The molecule has 0 bridgehead atoms. The molecule has 0 spiro atoms. The number of rotatable bonds is 4. The maximum Gasteiger partial charge on any atom is 0.320 e. The number of carbonyl (C=O) groups excluding carboxylic acids is 1. The summed E-state index contributed by atoms with van der Waals surface area (Å²) in [6.45, 7) is 6.64. The van der Waals surface area contributed by atoms with Crippen LogP contribution in [0.2, 0.25) is 0 Å². The lowest BCUT2D eigenvalue weighted by atomic mass is 9.96. The number of hydrogen-bond acceptors (Lipinski definition) is 3. The van der Waals surface area contributed by atoms with Gasteiger partial charge in [0.2, 0.25) is 0 Å². The minimum absolute atomic E-state index is 0.193. The van der Waals surface area contributed by atoms with Crippen LogP contribution in [-0.4, -0.2) is 73.1 Å². The number of urea groups is 1. The van der Waals surface area contributed by atoms with Crippen LogP contribution < -0.4 is 4.90 Å². The number of benzene rings is 3. The number of para-hydroxylation sites is 1. The zero-order valence-corrected chi connectivity index (χ0v) is 19.1. The smallest absolute Gasteiger partial charge is 0.320 e. The summed E-state index contributed by atoms with van der Waals surface area (Å²) in [5, 5.41) is 0. The van der Waals surface area contributed by atoms with E-state index in [1.54, 1.807) is 0 Å². The van der Waals surface area contributed by atoms with E-state index in [2.05, 4.69) is 94.7 Å². The van der Waals surface area contributed by atoms with Crippen molar-refractivity contribution in [3.05, 3.63) is 102 Å². The zero-order valence-electron chi connectivity index (χ0n) is 19.1. The first-order valence-electron chi connectivity index (χ1n) is 12.0. The highest BCUT2D eigenvalue weighted by atomic mass is 16.2. The lowest BCUT2D eigenvalue weighted by Crippen LogP contribution is -2.57. The van der Waals surface area contributed by atoms with Crippen molar-refractivity contribution in [3.8, 4) is 0 Å². The maximum atomic E-state index is 13.2. The molecule has 0 N–H and O–H groups in total. The Labute approximate surface area is 196 Å². The second-order valence-electron chi connectivity index (χ2n) is 8.84. The quantitative estimate of drug-likeness (QED) is 0.605. The van der Waals surface area contributed by atoms with Gasteiger partial charge in [0, 0.05) is 58.0 Å². The van der Waals surface area contributed by atoms with Gasteiger partial charge in [0.15, 0.2) is 0 Å². The van der Waals surface area contributed by atoms with Crippen LogP contribution in [0.25, 0.3) is 0 Å². The summed E-state index contributed by atoms with van der Waals surface area (Å²) in [7, 11) is 0. The summed E-state index contributed by atoms with van der Waals surface area (Å²) in [6, 6.07) is 32.3. The largest absolute Gasteiger partial charge is 0.368 e. The Balaban J connectivity index is 1.20. The Bertz CT molecular complexity index is 972. The molecule has 0 aliphatic carbocycles. The fourth-order valence-corrected chi connectivity index (χ4v) is 5.05. The summed E-state index contributed by atoms with van der Waals surface area (Å²) in [5.74, 6) is 0. The van der Waals surface area contributed by atoms with Crippen molar-refractivity contribution >= 4 is 11.7 Å². The Kier molecular flexibility index (Phi) is 6.58. The summed E-state index contributed by atoms with van der Waals surface area (Å²) < 4.78 is 0. The molecular weight excluding hydrogens is 408 g/mol. The highest BCUT2D eigenvalue weighted by Gasteiger charge is 2.31. The van der Waals surface area contributed by atoms with Gasteiger partial charge in [-0.3, -0.25) is 4.90 Å². The van der Waals surface area contributed by atoms with Crippen molar-refractivity contribution in [1.29, 1.82) is 0 Å². The van der Waals surface area contributed by atoms with E-state index in [1.807, 2.05) is 15.9 Å². The van der Waals surface area contributed by atoms with E-state index in [1.165, 1.54) is 16.8 Å². The summed E-state index contributed by atoms with van der Waals surface area (Å²) in [4.78, 5) is 22.2. The minimum Gasteiger partial charge on any atom is -0.368 e. The topological polar surface area (TPSA) is 30.0 Å². The van der Waals surface area contributed by atoms with E-state index in [0.717, 1.165) is 52.4 Å². The van der Waals surface area contributed by atoms with Crippen LogP contribution >= 0.6 is 0 Å². The molecule has 3 aromatic rings. The third-order valence-electron chi connectivity index (χ3n) is 6.85. The number of piperazine rings is 2. The summed E-state index contributed by atoms with van der Waals surface area (Å²) >= 11 is 0. The molecule has 5 nitrogen and oxygen atoms in total. The number of anilines is 1. The van der Waals surface area contributed by atoms with Crippen LogP contribution in [0, 0.1) is 0 Å². The lowest BCUT2D eigenvalue weighted by Gasteiger charge is -2.43. The van der Waals surface area contributed by atoms with Crippen molar-refractivity contribution in [2.75, 3.05) is 57.3 Å². The molecule has 2 heterocycles. The molecule has 2 amide bonds. The van der Waals surface area contributed by atoms with Crippen LogP contribution in [0.15, 0.2) is 91.0 Å². The van der Waals surface area contributed by atoms with Gasteiger partial charge in [-0.05, 0) is 23.3 Å². The lowest BCUT2D eigenvalue weighted by molar-refractivity contribution is 0.0981. The van der Waals surface area contributed by atoms with E-state index in [9.17, 15) is 4.79 Å². The Morgan fingerprint density at radius 2 is 0.970 bits per heavy atom. The molecule has 2 aliphatic rings.